The van der Waals surface area contributed by atoms with Gasteiger partial charge in [-0.25, -0.2) is 19.1 Å². The number of anilines is 1. The molecule has 2 aromatic heterocycles. The number of nitrogens with two attached hydrogens (primary N) is 1. The van der Waals surface area contributed by atoms with Gasteiger partial charge in [-0.05, 0) is 63.0 Å². The molecule has 2 atom stereocenters. The molecule has 0 aliphatic heterocycles. The van der Waals surface area contributed by atoms with E-state index in [0.717, 1.165) is 71.6 Å². The van der Waals surface area contributed by atoms with Crippen LogP contribution in [0.3, 0.4) is 0 Å². The lowest BCUT2D eigenvalue weighted by atomic mass is 10.0. The number of aliphatic hydroxyl groups is 1. The van der Waals surface area contributed by atoms with Gasteiger partial charge in [0.25, 0.3) is 0 Å². The fourth-order valence-corrected chi connectivity index (χ4v) is 5.99. The van der Waals surface area contributed by atoms with Crippen molar-refractivity contribution in [1.29, 1.82) is 0 Å². The minimum absolute atomic E-state index is 0.156. The topological polar surface area (TPSA) is 131 Å². The molecular weight excluding hydrogens is 410 g/mol. The Kier molecular flexibility index (Phi) is 5.01. The fourth-order valence-electron chi connectivity index (χ4n) is 3.93. The number of thiazole rings is 1. The molecule has 2 amide bonds. The van der Waals surface area contributed by atoms with E-state index in [1.165, 1.54) is 6.20 Å². The third-order valence-corrected chi connectivity index (χ3v) is 8.59. The lowest BCUT2D eigenvalue weighted by Gasteiger charge is -2.15. The van der Waals surface area contributed by atoms with Crippen LogP contribution in [0.2, 0.25) is 0 Å². The Morgan fingerprint density at radius 2 is 2.14 bits per heavy atom. The summed E-state index contributed by atoms with van der Waals surface area (Å²) in [5, 5.41) is 19.1. The number of urea groups is 1. The first kappa shape index (κ1) is 20.4. The first-order valence-corrected chi connectivity index (χ1v) is 12.0. The van der Waals surface area contributed by atoms with Crippen molar-refractivity contribution in [1.82, 2.24) is 9.97 Å². The van der Waals surface area contributed by atoms with Crippen LogP contribution in [-0.2, 0) is 34.8 Å². The summed E-state index contributed by atoms with van der Waals surface area (Å²) in [6.45, 7) is 5.29. The zero-order chi connectivity index (χ0) is 21.0. The lowest BCUT2D eigenvalue weighted by molar-refractivity contribution is 0.0783. The van der Waals surface area contributed by atoms with E-state index in [1.807, 2.05) is 0 Å². The van der Waals surface area contributed by atoms with Crippen molar-refractivity contribution < 1.29 is 14.1 Å². The summed E-state index contributed by atoms with van der Waals surface area (Å²) >= 11 is 0.990. The van der Waals surface area contributed by atoms with E-state index in [4.69, 9.17) is 10.1 Å². The van der Waals surface area contributed by atoms with Crippen LogP contribution in [0, 0.1) is 0 Å². The lowest BCUT2D eigenvalue weighted by Crippen LogP contribution is -2.18. The Balaban J connectivity index is 1.66. The molecule has 2 aromatic rings. The highest BCUT2D eigenvalue weighted by Gasteiger charge is 2.30. The van der Waals surface area contributed by atoms with Gasteiger partial charge in [0.05, 0.1) is 11.9 Å². The van der Waals surface area contributed by atoms with Crippen LogP contribution >= 0.6 is 11.3 Å². The highest BCUT2D eigenvalue weighted by Crippen LogP contribution is 2.41. The summed E-state index contributed by atoms with van der Waals surface area (Å²) in [6.07, 6.45) is 5.94. The fraction of sp³-hybridized carbons (Fsp3) is 0.526. The number of aryl methyl sites for hydroxylation is 1. The number of pyridine rings is 1. The van der Waals surface area contributed by atoms with Crippen LogP contribution in [0.5, 0.6) is 0 Å². The molecule has 2 heterocycles. The Morgan fingerprint density at radius 3 is 2.83 bits per heavy atom. The maximum Gasteiger partial charge on any atom is 0.354 e. The molecule has 4 rings (SSSR count). The number of fused-ring (bicyclic) bond motifs is 2. The molecule has 2 aliphatic rings. The quantitative estimate of drug-likeness (QED) is 0.681. The van der Waals surface area contributed by atoms with Crippen molar-refractivity contribution >= 4 is 33.0 Å². The molecule has 8 nitrogen and oxygen atoms in total. The third-order valence-electron chi connectivity index (χ3n) is 5.40. The maximum absolute atomic E-state index is 12.9. The van der Waals surface area contributed by atoms with Gasteiger partial charge in [-0.3, -0.25) is 4.98 Å². The number of hydrogen-bond acceptors (Lipinski definition) is 6. The van der Waals surface area contributed by atoms with Gasteiger partial charge in [0.15, 0.2) is 9.92 Å². The van der Waals surface area contributed by atoms with Gasteiger partial charge < -0.3 is 10.4 Å². The summed E-state index contributed by atoms with van der Waals surface area (Å²) in [5.74, 6) is 0.361. The van der Waals surface area contributed by atoms with Crippen LogP contribution < -0.4 is 10.5 Å². The van der Waals surface area contributed by atoms with Crippen LogP contribution in [0.25, 0.3) is 0 Å². The second kappa shape index (κ2) is 7.12. The highest BCUT2D eigenvalue weighted by atomic mass is 32.2. The smallest absolute Gasteiger partial charge is 0.354 e. The Hall–Kier alpha value is -1.88. The Labute approximate surface area is 174 Å². The molecule has 156 valence electrons. The Bertz CT molecular complexity index is 1110. The molecule has 1 unspecified atom stereocenters. The monoisotopic (exact) mass is 435 g/mol. The van der Waals surface area contributed by atoms with E-state index in [2.05, 4.69) is 21.6 Å². The molecule has 0 fully saturated rings. The first-order valence-electron chi connectivity index (χ1n) is 9.65. The van der Waals surface area contributed by atoms with Crippen molar-refractivity contribution in [2.24, 2.45) is 9.50 Å². The molecule has 0 radical (unpaired) electrons. The number of nitrogens with one attached hydrogen (secondary N) is 1. The minimum Gasteiger partial charge on any atom is -0.383 e. The van der Waals surface area contributed by atoms with E-state index in [1.54, 1.807) is 13.8 Å². The molecule has 0 spiro atoms. The first-order chi connectivity index (χ1) is 13.6. The van der Waals surface area contributed by atoms with Crippen molar-refractivity contribution in [3.05, 3.63) is 33.7 Å². The molecular formula is C19H25N5O3S2. The molecule has 4 N–H and O–H groups in total. The van der Waals surface area contributed by atoms with Crippen LogP contribution in [0.15, 0.2) is 14.8 Å². The van der Waals surface area contributed by atoms with Gasteiger partial charge in [0.1, 0.15) is 14.8 Å². The van der Waals surface area contributed by atoms with Gasteiger partial charge in [-0.15, -0.1) is 15.7 Å². The van der Waals surface area contributed by atoms with Gasteiger partial charge >= 0.3 is 6.03 Å². The number of aromatic nitrogens is 2. The number of nitrogens with zero attached hydrogens (tertiary/aromatic N) is 3. The summed E-state index contributed by atoms with van der Waals surface area (Å²) in [7, 11) is -3.47. The third kappa shape index (κ3) is 3.81. The molecule has 0 aromatic carbocycles. The van der Waals surface area contributed by atoms with Gasteiger partial charge in [-0.2, -0.15) is 0 Å². The van der Waals surface area contributed by atoms with E-state index in [9.17, 15) is 14.1 Å². The molecule has 2 aliphatic carbocycles. The average molecular weight is 436 g/mol. The van der Waals surface area contributed by atoms with Gasteiger partial charge in [-0.1, -0.05) is 6.92 Å². The van der Waals surface area contributed by atoms with Crippen molar-refractivity contribution in [3.63, 3.8) is 0 Å². The van der Waals surface area contributed by atoms with Crippen LogP contribution in [0.4, 0.5) is 10.5 Å². The second-order valence-corrected chi connectivity index (χ2v) is 11.3. The summed E-state index contributed by atoms with van der Waals surface area (Å²) in [6, 6.07) is -0.738. The zero-order valence-corrected chi connectivity index (χ0v) is 18.3. The normalized spacial score (nSPS) is 20.1. The second-order valence-electron chi connectivity index (χ2n) is 8.20. The average Bonchev–Trinajstić information content (AvgIpc) is 3.33. The predicted octanol–water partition coefficient (Wildman–Crippen LogP) is 3.24. The number of carbonyl (C=O) groups excluding carboxylic acids is 1. The number of amides is 2. The van der Waals surface area contributed by atoms with Crippen molar-refractivity contribution in [2.75, 3.05) is 5.32 Å². The van der Waals surface area contributed by atoms with E-state index < -0.39 is 21.5 Å². The summed E-state index contributed by atoms with van der Waals surface area (Å²) in [5.41, 5.74) is 3.80. The van der Waals surface area contributed by atoms with Gasteiger partial charge in [0.2, 0.25) is 0 Å². The van der Waals surface area contributed by atoms with E-state index in [0.29, 0.717) is 10.9 Å². The van der Waals surface area contributed by atoms with Crippen molar-refractivity contribution in [2.45, 2.75) is 68.6 Å². The standard InChI is InChI=1S/C19H25N5O3S2/c1-10-7-8-12-15(10)22-13-6-4-5-11(13)16(12)23-18(25)24-29(20,27)14-9-21-17(28-14)19(2,3)26/h9-10,26H,4-8H2,1-3H3,(H3,20,22,23,24,25,27)/t10-,29?/m1/s1. The molecule has 0 saturated carbocycles. The SMILES string of the molecule is C[C@@H]1CCc2c1nc1c(c2NC(=O)N=S(N)(=O)c2cnc(C(C)(C)O)s2)CCC1. The number of rotatable bonds is 3. The van der Waals surface area contributed by atoms with Crippen LogP contribution in [0.1, 0.15) is 67.1 Å². The molecule has 10 heteroatoms. The Morgan fingerprint density at radius 1 is 1.38 bits per heavy atom. The summed E-state index contributed by atoms with van der Waals surface area (Å²) in [4.78, 5) is 21.6. The highest BCUT2D eigenvalue weighted by molar-refractivity contribution is 7.93. The largest absolute Gasteiger partial charge is 0.383 e. The molecule has 0 saturated heterocycles. The van der Waals surface area contributed by atoms with E-state index >= 15 is 0 Å². The van der Waals surface area contributed by atoms with E-state index in [-0.39, 0.29) is 4.21 Å². The van der Waals surface area contributed by atoms with Crippen molar-refractivity contribution in [3.8, 4) is 0 Å². The molecule has 0 bridgehead atoms. The summed E-state index contributed by atoms with van der Waals surface area (Å²) < 4.78 is 16.8. The predicted molar refractivity (Wildman–Crippen MR) is 112 cm³/mol. The van der Waals surface area contributed by atoms with Crippen LogP contribution in [-0.4, -0.2) is 25.3 Å². The maximum atomic E-state index is 12.9. The van der Waals surface area contributed by atoms with Gasteiger partial charge in [0, 0.05) is 11.4 Å². The zero-order valence-electron chi connectivity index (χ0n) is 16.7. The number of carbonyl (C=O) groups is 1. The number of hydrogen-bond donors (Lipinski definition) is 3. The molecule has 29 heavy (non-hydrogen) atoms. The minimum atomic E-state index is -3.47.